The van der Waals surface area contributed by atoms with Gasteiger partial charge in [-0.15, -0.1) is 0 Å². The van der Waals surface area contributed by atoms with Gasteiger partial charge in [0.05, 0.1) is 26.4 Å². The van der Waals surface area contributed by atoms with E-state index in [-0.39, 0.29) is 13.2 Å². The first-order valence-electron chi connectivity index (χ1n) is 7.74. The van der Waals surface area contributed by atoms with Crippen molar-refractivity contribution in [2.45, 2.75) is 24.4 Å². The van der Waals surface area contributed by atoms with Crippen LogP contribution >= 0.6 is 0 Å². The minimum atomic E-state index is -0.741. The molecule has 0 aromatic heterocycles. The lowest BCUT2D eigenvalue weighted by Gasteiger charge is -2.31. The van der Waals surface area contributed by atoms with Gasteiger partial charge in [-0.3, -0.25) is 0 Å². The van der Waals surface area contributed by atoms with Gasteiger partial charge in [0.1, 0.15) is 5.75 Å². The number of ether oxygens (including phenoxy) is 1. The minimum Gasteiger partial charge on any atom is -0.497 e. The van der Waals surface area contributed by atoms with Crippen LogP contribution in [0.2, 0.25) is 0 Å². The molecule has 124 valence electrons. The second kappa shape index (κ2) is 8.11. The third-order valence-corrected chi connectivity index (χ3v) is 4.39. The Morgan fingerprint density at radius 3 is 2.09 bits per heavy atom. The van der Waals surface area contributed by atoms with Crippen LogP contribution in [0.25, 0.3) is 0 Å². The molecule has 0 aliphatic carbocycles. The van der Waals surface area contributed by atoms with Crippen LogP contribution in [0.1, 0.15) is 30.1 Å². The molecule has 0 amide bonds. The second-order valence-electron chi connectivity index (χ2n) is 5.79. The normalized spacial score (nSPS) is 12.9. The fourth-order valence-electron chi connectivity index (χ4n) is 2.73. The molecule has 0 fully saturated rings. The highest BCUT2D eigenvalue weighted by molar-refractivity contribution is 5.29. The summed E-state index contributed by atoms with van der Waals surface area (Å²) < 4.78 is 5.11. The Kier molecular flexibility index (Phi) is 6.16. The minimum absolute atomic E-state index is 0.164. The van der Waals surface area contributed by atoms with Crippen LogP contribution in [0.5, 0.6) is 5.75 Å². The molecule has 0 aliphatic rings. The predicted octanol–water partition coefficient (Wildman–Crippen LogP) is 2.43. The second-order valence-corrected chi connectivity index (χ2v) is 5.79. The number of methoxy groups -OCH3 is 1. The molecule has 23 heavy (non-hydrogen) atoms. The number of rotatable bonds is 8. The van der Waals surface area contributed by atoms with Crippen molar-refractivity contribution in [3.05, 3.63) is 65.7 Å². The fraction of sp³-hybridized carbons (Fsp3) is 0.368. The topological polar surface area (TPSA) is 69.9 Å². The molecule has 0 bridgehead atoms. The van der Waals surface area contributed by atoms with Gasteiger partial charge in [-0.05, 0) is 36.1 Å². The van der Waals surface area contributed by atoms with Crippen molar-refractivity contribution in [3.8, 4) is 5.75 Å². The van der Waals surface area contributed by atoms with Crippen molar-refractivity contribution >= 4 is 0 Å². The highest BCUT2D eigenvalue weighted by Crippen LogP contribution is 2.32. The van der Waals surface area contributed by atoms with E-state index in [9.17, 15) is 15.3 Å². The number of aliphatic hydroxyl groups excluding tert-OH is 3. The summed E-state index contributed by atoms with van der Waals surface area (Å²) in [5.74, 6) is 0.741. The summed E-state index contributed by atoms with van der Waals surface area (Å²) in [6.07, 6.45) is 0.279. The van der Waals surface area contributed by atoms with E-state index in [1.807, 2.05) is 42.5 Å². The molecule has 0 radical (unpaired) electrons. The molecule has 0 saturated heterocycles. The Morgan fingerprint density at radius 2 is 1.57 bits per heavy atom. The van der Waals surface area contributed by atoms with Crippen LogP contribution < -0.4 is 4.74 Å². The van der Waals surface area contributed by atoms with Gasteiger partial charge in [-0.1, -0.05) is 42.5 Å². The Balaban J connectivity index is 2.09. The van der Waals surface area contributed by atoms with E-state index in [2.05, 4.69) is 0 Å². The van der Waals surface area contributed by atoms with Crippen LogP contribution in [0, 0.1) is 0 Å². The lowest BCUT2D eigenvalue weighted by Crippen LogP contribution is -2.35. The van der Waals surface area contributed by atoms with Gasteiger partial charge in [0.25, 0.3) is 0 Å². The average Bonchev–Trinajstić information content (AvgIpc) is 2.63. The van der Waals surface area contributed by atoms with Crippen molar-refractivity contribution in [3.63, 3.8) is 0 Å². The maximum absolute atomic E-state index is 10.4. The zero-order valence-corrected chi connectivity index (χ0v) is 13.4. The van der Waals surface area contributed by atoms with Crippen molar-refractivity contribution in [2.24, 2.45) is 0 Å². The first kappa shape index (κ1) is 17.5. The van der Waals surface area contributed by atoms with E-state index in [0.717, 1.165) is 16.9 Å². The predicted molar refractivity (Wildman–Crippen MR) is 89.5 cm³/mol. The summed E-state index contributed by atoms with van der Waals surface area (Å²) in [5, 5.41) is 30.0. The fourth-order valence-corrected chi connectivity index (χ4v) is 2.73. The van der Waals surface area contributed by atoms with Gasteiger partial charge in [0, 0.05) is 5.41 Å². The van der Waals surface area contributed by atoms with Gasteiger partial charge in [0.15, 0.2) is 0 Å². The first-order chi connectivity index (χ1) is 11.1. The zero-order valence-electron chi connectivity index (χ0n) is 13.4. The van der Waals surface area contributed by atoms with Crippen LogP contribution in [0.4, 0.5) is 0 Å². The summed E-state index contributed by atoms with van der Waals surface area (Å²) in [7, 11) is 1.60. The average molecular weight is 316 g/mol. The largest absolute Gasteiger partial charge is 0.497 e. The smallest absolute Gasteiger partial charge is 0.118 e. The highest BCUT2D eigenvalue weighted by Gasteiger charge is 2.31. The monoisotopic (exact) mass is 316 g/mol. The zero-order chi connectivity index (χ0) is 16.7. The van der Waals surface area contributed by atoms with Crippen molar-refractivity contribution in [1.82, 2.24) is 0 Å². The molecule has 0 heterocycles. The summed E-state index contributed by atoms with van der Waals surface area (Å²) in [6.45, 7) is -0.328. The molecule has 3 N–H and O–H groups in total. The van der Waals surface area contributed by atoms with Crippen molar-refractivity contribution < 1.29 is 20.1 Å². The van der Waals surface area contributed by atoms with Crippen molar-refractivity contribution in [2.75, 3.05) is 20.3 Å². The Labute approximate surface area is 137 Å². The molecule has 1 atom stereocenters. The molecule has 2 rings (SSSR count). The molecule has 4 nitrogen and oxygen atoms in total. The van der Waals surface area contributed by atoms with Crippen LogP contribution in [0.15, 0.2) is 54.6 Å². The molecule has 0 aliphatic heterocycles. The number of hydrogen-bond donors (Lipinski definition) is 3. The molecule has 2 aromatic rings. The van der Waals surface area contributed by atoms with E-state index in [0.29, 0.717) is 12.8 Å². The van der Waals surface area contributed by atoms with E-state index in [1.165, 1.54) is 0 Å². The lowest BCUT2D eigenvalue weighted by molar-refractivity contribution is 0.0858. The maximum atomic E-state index is 10.4. The first-order valence-corrected chi connectivity index (χ1v) is 7.74. The van der Waals surface area contributed by atoms with Crippen LogP contribution in [-0.2, 0) is 5.41 Å². The molecular formula is C19H24O4. The highest BCUT2D eigenvalue weighted by atomic mass is 16.5. The molecule has 4 heteroatoms. The lowest BCUT2D eigenvalue weighted by atomic mass is 9.77. The third-order valence-electron chi connectivity index (χ3n) is 4.39. The van der Waals surface area contributed by atoms with E-state index >= 15 is 0 Å². The maximum Gasteiger partial charge on any atom is 0.118 e. The van der Waals surface area contributed by atoms with E-state index in [4.69, 9.17) is 4.74 Å². The summed E-state index contributed by atoms with van der Waals surface area (Å²) in [5.41, 5.74) is 0.935. The Hall–Kier alpha value is -1.88. The summed E-state index contributed by atoms with van der Waals surface area (Å²) in [6, 6.07) is 16.7. The number of aliphatic hydroxyl groups is 3. The van der Waals surface area contributed by atoms with Crippen molar-refractivity contribution in [1.29, 1.82) is 0 Å². The molecule has 0 saturated carbocycles. The quantitative estimate of drug-likeness (QED) is 0.699. The van der Waals surface area contributed by atoms with Crippen LogP contribution in [-0.4, -0.2) is 35.6 Å². The van der Waals surface area contributed by atoms with Gasteiger partial charge in [-0.25, -0.2) is 0 Å². The third kappa shape index (κ3) is 4.10. The summed E-state index contributed by atoms with van der Waals surface area (Å²) in [4.78, 5) is 0. The van der Waals surface area contributed by atoms with Gasteiger partial charge in [0.2, 0.25) is 0 Å². The van der Waals surface area contributed by atoms with E-state index < -0.39 is 11.5 Å². The van der Waals surface area contributed by atoms with Crippen LogP contribution in [0.3, 0.4) is 0 Å². The number of hydrogen-bond acceptors (Lipinski definition) is 4. The Morgan fingerprint density at radius 1 is 0.957 bits per heavy atom. The molecule has 1 unspecified atom stereocenters. The van der Waals surface area contributed by atoms with Gasteiger partial charge >= 0.3 is 0 Å². The van der Waals surface area contributed by atoms with Gasteiger partial charge < -0.3 is 20.1 Å². The van der Waals surface area contributed by atoms with Gasteiger partial charge in [-0.2, -0.15) is 0 Å². The molecular weight excluding hydrogens is 292 g/mol. The molecule has 2 aromatic carbocycles. The summed E-state index contributed by atoms with van der Waals surface area (Å²) >= 11 is 0. The molecule has 0 spiro atoms. The standard InChI is InChI=1S/C19H24O4/c1-23-17-9-7-15(8-10-17)18(22)11-12-19(13-20,14-21)16-5-3-2-4-6-16/h2-10,18,20-22H,11-14H2,1H3. The SMILES string of the molecule is COc1ccc(C(O)CCC(CO)(CO)c2ccccc2)cc1. The Bertz CT molecular complexity index is 576. The van der Waals surface area contributed by atoms with E-state index in [1.54, 1.807) is 19.2 Å². The number of benzene rings is 2.